The fourth-order valence-electron chi connectivity index (χ4n) is 2.36. The molecule has 0 radical (unpaired) electrons. The second-order valence-electron chi connectivity index (χ2n) is 6.67. The standard InChI is InChI=1S/C19H23NO2S/c1-19(2,3)17-11-9-15(10-12-17)14-23-18(13-20(21)22)16-7-5-4-6-8-16/h4-12,18H,13-14H2,1-3H3/t18-/m1/s1. The van der Waals surface area contributed by atoms with Gasteiger partial charge in [-0.25, -0.2) is 0 Å². The predicted octanol–water partition coefficient (Wildman–Crippen LogP) is 5.24. The SMILES string of the molecule is CC(C)(C)c1ccc(CS[C@H](C[N+](=O)[O-])c2ccccc2)cc1. The second-order valence-corrected chi connectivity index (χ2v) is 7.86. The van der Waals surface area contributed by atoms with Crippen molar-refractivity contribution in [3.05, 3.63) is 81.4 Å². The van der Waals surface area contributed by atoms with E-state index in [2.05, 4.69) is 45.0 Å². The zero-order valence-electron chi connectivity index (χ0n) is 13.9. The quantitative estimate of drug-likeness (QED) is 0.538. The van der Waals surface area contributed by atoms with Gasteiger partial charge >= 0.3 is 0 Å². The third-order valence-electron chi connectivity index (χ3n) is 3.76. The van der Waals surface area contributed by atoms with E-state index < -0.39 is 0 Å². The zero-order chi connectivity index (χ0) is 16.9. The smallest absolute Gasteiger partial charge is 0.219 e. The number of thioether (sulfide) groups is 1. The molecule has 0 aromatic heterocycles. The topological polar surface area (TPSA) is 43.1 Å². The Morgan fingerprint density at radius 2 is 1.65 bits per heavy atom. The molecule has 0 bridgehead atoms. The van der Waals surface area contributed by atoms with Crippen LogP contribution in [0.2, 0.25) is 0 Å². The second kappa shape index (κ2) is 7.64. The van der Waals surface area contributed by atoms with Crippen LogP contribution >= 0.6 is 11.8 Å². The number of nitro groups is 1. The molecule has 0 aliphatic rings. The third kappa shape index (κ3) is 5.39. The highest BCUT2D eigenvalue weighted by molar-refractivity contribution is 7.98. The summed E-state index contributed by atoms with van der Waals surface area (Å²) in [5.41, 5.74) is 3.66. The van der Waals surface area contributed by atoms with E-state index in [1.54, 1.807) is 11.8 Å². The van der Waals surface area contributed by atoms with E-state index in [-0.39, 0.29) is 22.1 Å². The van der Waals surface area contributed by atoms with E-state index in [1.807, 2.05) is 30.3 Å². The van der Waals surface area contributed by atoms with Gasteiger partial charge in [-0.1, -0.05) is 75.4 Å². The molecule has 1 atom stereocenters. The highest BCUT2D eigenvalue weighted by atomic mass is 32.2. The van der Waals surface area contributed by atoms with E-state index in [0.717, 1.165) is 11.3 Å². The van der Waals surface area contributed by atoms with Crippen LogP contribution in [0, 0.1) is 10.1 Å². The van der Waals surface area contributed by atoms with Crippen molar-refractivity contribution in [1.29, 1.82) is 0 Å². The molecule has 0 fully saturated rings. The molecule has 0 saturated heterocycles. The summed E-state index contributed by atoms with van der Waals surface area (Å²) in [5.74, 6) is 0.776. The maximum atomic E-state index is 10.9. The first-order valence-corrected chi connectivity index (χ1v) is 8.79. The first kappa shape index (κ1) is 17.5. The van der Waals surface area contributed by atoms with Crippen LogP contribution in [0.25, 0.3) is 0 Å². The van der Waals surface area contributed by atoms with Crippen molar-refractivity contribution in [3.63, 3.8) is 0 Å². The maximum absolute atomic E-state index is 10.9. The van der Waals surface area contributed by atoms with Crippen LogP contribution in [0.5, 0.6) is 0 Å². The Bertz CT molecular complexity index is 633. The van der Waals surface area contributed by atoms with Crippen LogP contribution in [0.4, 0.5) is 0 Å². The van der Waals surface area contributed by atoms with Gasteiger partial charge in [0, 0.05) is 10.7 Å². The van der Waals surface area contributed by atoms with Gasteiger partial charge in [-0.15, -0.1) is 11.8 Å². The molecular weight excluding hydrogens is 306 g/mol. The van der Waals surface area contributed by atoms with Crippen molar-refractivity contribution in [2.24, 2.45) is 0 Å². The largest absolute Gasteiger partial charge is 0.264 e. The summed E-state index contributed by atoms with van der Waals surface area (Å²) in [4.78, 5) is 10.7. The normalized spacial score (nSPS) is 12.8. The molecule has 2 aromatic rings. The molecule has 122 valence electrons. The molecule has 23 heavy (non-hydrogen) atoms. The molecule has 0 aliphatic heterocycles. The van der Waals surface area contributed by atoms with Crippen molar-refractivity contribution < 1.29 is 4.92 Å². The van der Waals surface area contributed by atoms with E-state index in [1.165, 1.54) is 11.1 Å². The number of rotatable bonds is 6. The maximum Gasteiger partial charge on any atom is 0.219 e. The van der Waals surface area contributed by atoms with Gasteiger partial charge in [0.15, 0.2) is 0 Å². The van der Waals surface area contributed by atoms with Crippen molar-refractivity contribution >= 4 is 11.8 Å². The van der Waals surface area contributed by atoms with Gasteiger partial charge in [0.2, 0.25) is 6.54 Å². The monoisotopic (exact) mass is 329 g/mol. The van der Waals surface area contributed by atoms with Crippen LogP contribution in [0.3, 0.4) is 0 Å². The van der Waals surface area contributed by atoms with Crippen molar-refractivity contribution in [3.8, 4) is 0 Å². The van der Waals surface area contributed by atoms with Gasteiger partial charge in [-0.2, -0.15) is 0 Å². The Morgan fingerprint density at radius 1 is 1.04 bits per heavy atom. The van der Waals surface area contributed by atoms with Gasteiger partial charge in [-0.3, -0.25) is 10.1 Å². The van der Waals surface area contributed by atoms with Gasteiger partial charge < -0.3 is 0 Å². The molecular formula is C19H23NO2S. The molecule has 0 amide bonds. The molecule has 0 unspecified atom stereocenters. The molecule has 0 saturated carbocycles. The number of nitrogens with zero attached hydrogens (tertiary/aromatic N) is 1. The molecule has 0 spiro atoms. The van der Waals surface area contributed by atoms with E-state index >= 15 is 0 Å². The van der Waals surface area contributed by atoms with Crippen LogP contribution < -0.4 is 0 Å². The minimum absolute atomic E-state index is 0.0469. The van der Waals surface area contributed by atoms with E-state index in [4.69, 9.17) is 0 Å². The lowest BCUT2D eigenvalue weighted by Crippen LogP contribution is -2.11. The lowest BCUT2D eigenvalue weighted by molar-refractivity contribution is -0.479. The Labute approximate surface area is 142 Å². The third-order valence-corrected chi connectivity index (χ3v) is 5.08. The highest BCUT2D eigenvalue weighted by Crippen LogP contribution is 2.32. The molecule has 3 nitrogen and oxygen atoms in total. The molecule has 0 N–H and O–H groups in total. The Hall–Kier alpha value is -1.81. The summed E-state index contributed by atoms with van der Waals surface area (Å²) in [6.07, 6.45) is 0. The van der Waals surface area contributed by atoms with Gasteiger partial charge in [0.25, 0.3) is 0 Å². The molecule has 0 aliphatic carbocycles. The molecule has 2 rings (SSSR count). The fraction of sp³-hybridized carbons (Fsp3) is 0.368. The van der Waals surface area contributed by atoms with Crippen LogP contribution in [0.1, 0.15) is 42.7 Å². The summed E-state index contributed by atoms with van der Waals surface area (Å²) in [6, 6.07) is 18.3. The number of hydrogen-bond acceptors (Lipinski definition) is 3. The highest BCUT2D eigenvalue weighted by Gasteiger charge is 2.18. The average Bonchev–Trinajstić information content (AvgIpc) is 2.51. The average molecular weight is 329 g/mol. The lowest BCUT2D eigenvalue weighted by atomic mass is 9.87. The minimum Gasteiger partial charge on any atom is -0.264 e. The number of benzene rings is 2. The lowest BCUT2D eigenvalue weighted by Gasteiger charge is -2.19. The Kier molecular flexibility index (Phi) is 5.83. The summed E-state index contributed by atoms with van der Waals surface area (Å²) < 4.78 is 0. The summed E-state index contributed by atoms with van der Waals surface area (Å²) in [7, 11) is 0. The number of hydrogen-bond donors (Lipinski definition) is 0. The van der Waals surface area contributed by atoms with Crippen molar-refractivity contribution in [2.75, 3.05) is 6.54 Å². The molecule has 2 aromatic carbocycles. The Balaban J connectivity index is 2.05. The zero-order valence-corrected chi connectivity index (χ0v) is 14.7. The van der Waals surface area contributed by atoms with Gasteiger partial charge in [0.05, 0.1) is 5.25 Å². The Morgan fingerprint density at radius 3 is 2.17 bits per heavy atom. The van der Waals surface area contributed by atoms with Crippen molar-refractivity contribution in [1.82, 2.24) is 0 Å². The van der Waals surface area contributed by atoms with E-state index in [0.29, 0.717) is 0 Å². The van der Waals surface area contributed by atoms with Crippen LogP contribution in [0.15, 0.2) is 54.6 Å². The first-order valence-electron chi connectivity index (χ1n) is 7.74. The molecule has 4 heteroatoms. The van der Waals surface area contributed by atoms with Crippen LogP contribution in [-0.2, 0) is 11.2 Å². The first-order chi connectivity index (χ1) is 10.9. The summed E-state index contributed by atoms with van der Waals surface area (Å²) in [6.45, 7) is 6.53. The van der Waals surface area contributed by atoms with Crippen LogP contribution in [-0.4, -0.2) is 11.5 Å². The van der Waals surface area contributed by atoms with Gasteiger partial charge in [0.1, 0.15) is 0 Å². The van der Waals surface area contributed by atoms with E-state index in [9.17, 15) is 10.1 Å². The molecule has 0 heterocycles. The summed E-state index contributed by atoms with van der Waals surface area (Å²) in [5, 5.41) is 10.8. The minimum atomic E-state index is -0.229. The van der Waals surface area contributed by atoms with Crippen molar-refractivity contribution in [2.45, 2.75) is 37.2 Å². The fourth-order valence-corrected chi connectivity index (χ4v) is 3.52. The van der Waals surface area contributed by atoms with Gasteiger partial charge in [-0.05, 0) is 22.1 Å². The predicted molar refractivity (Wildman–Crippen MR) is 97.5 cm³/mol. The summed E-state index contributed by atoms with van der Waals surface area (Å²) >= 11 is 1.63.